The lowest BCUT2D eigenvalue weighted by Crippen LogP contribution is -2.11. The van der Waals surface area contributed by atoms with E-state index < -0.39 is 5.97 Å². The van der Waals surface area contributed by atoms with Crippen molar-refractivity contribution in [2.45, 2.75) is 6.92 Å². The fraction of sp³-hybridized carbons (Fsp3) is 0.154. The van der Waals surface area contributed by atoms with Gasteiger partial charge in [-0.15, -0.1) is 11.3 Å². The Morgan fingerprint density at radius 2 is 2.20 bits per heavy atom. The summed E-state index contributed by atoms with van der Waals surface area (Å²) in [5.74, 6) is -0.919. The quantitative estimate of drug-likeness (QED) is 0.883. The minimum atomic E-state index is -1.02. The minimum absolute atomic E-state index is 0.148. The number of pyridine rings is 1. The van der Waals surface area contributed by atoms with Gasteiger partial charge in [-0.2, -0.15) is 0 Å². The molecule has 0 aromatic carbocycles. The van der Waals surface area contributed by atoms with Gasteiger partial charge in [0.25, 0.3) is 5.91 Å². The molecule has 0 saturated carbocycles. The molecule has 0 atom stereocenters. The maximum Gasteiger partial charge on any atom is 0.336 e. The smallest absolute Gasteiger partial charge is 0.336 e. The zero-order chi connectivity index (χ0) is 14.5. The van der Waals surface area contributed by atoms with Crippen molar-refractivity contribution < 1.29 is 19.4 Å². The molecule has 2 heterocycles. The van der Waals surface area contributed by atoms with Crippen LogP contribution in [0.3, 0.4) is 0 Å². The number of aromatic carboxylic acids is 1. The van der Waals surface area contributed by atoms with Gasteiger partial charge < -0.3 is 15.2 Å². The maximum atomic E-state index is 11.9. The minimum Gasteiger partial charge on any atom is -0.478 e. The molecule has 2 aromatic rings. The standard InChI is InChI=1S/C13H12N2O4S/c1-2-19-10-4-3-8(6-14-10)12(16)15-11-5-9(7-20-11)13(17)18/h3-7H,2H2,1H3,(H,15,16)(H,17,18). The van der Waals surface area contributed by atoms with Crippen LogP contribution in [0, 0.1) is 0 Å². The molecule has 104 valence electrons. The molecule has 0 spiro atoms. The Kier molecular flexibility index (Phi) is 4.31. The number of amides is 1. The first-order valence-electron chi connectivity index (χ1n) is 5.82. The number of carbonyl (C=O) groups excluding carboxylic acids is 1. The molecule has 7 heteroatoms. The van der Waals surface area contributed by atoms with Crippen molar-refractivity contribution >= 4 is 28.2 Å². The van der Waals surface area contributed by atoms with Gasteiger partial charge in [0.15, 0.2) is 0 Å². The molecule has 0 unspecified atom stereocenters. The van der Waals surface area contributed by atoms with Gasteiger partial charge in [0.1, 0.15) is 0 Å². The van der Waals surface area contributed by atoms with E-state index in [0.717, 1.165) is 11.3 Å². The Morgan fingerprint density at radius 1 is 1.40 bits per heavy atom. The summed E-state index contributed by atoms with van der Waals surface area (Å²) in [6.07, 6.45) is 1.41. The Hall–Kier alpha value is -2.41. The molecule has 0 fully saturated rings. The Bertz CT molecular complexity index is 622. The number of hydrogen-bond donors (Lipinski definition) is 2. The molecule has 2 rings (SSSR count). The largest absolute Gasteiger partial charge is 0.478 e. The highest BCUT2D eigenvalue weighted by molar-refractivity contribution is 7.14. The van der Waals surface area contributed by atoms with Gasteiger partial charge in [0.2, 0.25) is 5.88 Å². The maximum absolute atomic E-state index is 11.9. The number of carboxylic acids is 1. The summed E-state index contributed by atoms with van der Waals surface area (Å²) in [5, 5.41) is 13.4. The predicted octanol–water partition coefficient (Wildman–Crippen LogP) is 2.49. The highest BCUT2D eigenvalue weighted by Gasteiger charge is 2.11. The number of carbonyl (C=O) groups is 2. The van der Waals surface area contributed by atoms with Gasteiger partial charge in [-0.05, 0) is 19.1 Å². The van der Waals surface area contributed by atoms with Crippen molar-refractivity contribution in [2.75, 3.05) is 11.9 Å². The molecule has 0 radical (unpaired) electrons. The van der Waals surface area contributed by atoms with Crippen molar-refractivity contribution in [1.82, 2.24) is 4.98 Å². The molecular formula is C13H12N2O4S. The molecule has 0 bridgehead atoms. The van der Waals surface area contributed by atoms with E-state index in [4.69, 9.17) is 9.84 Å². The van der Waals surface area contributed by atoms with Crippen LogP contribution in [0.2, 0.25) is 0 Å². The summed E-state index contributed by atoms with van der Waals surface area (Å²) in [6.45, 7) is 2.35. The summed E-state index contributed by atoms with van der Waals surface area (Å²) < 4.78 is 5.18. The van der Waals surface area contributed by atoms with E-state index >= 15 is 0 Å². The van der Waals surface area contributed by atoms with E-state index in [0.29, 0.717) is 23.1 Å². The molecular weight excluding hydrogens is 280 g/mol. The Labute approximate surface area is 119 Å². The first kappa shape index (κ1) is 14.0. The Balaban J connectivity index is 2.05. The topological polar surface area (TPSA) is 88.5 Å². The average Bonchev–Trinajstić information content (AvgIpc) is 2.88. The second-order valence-electron chi connectivity index (χ2n) is 3.78. The summed E-state index contributed by atoms with van der Waals surface area (Å²) >= 11 is 1.15. The lowest BCUT2D eigenvalue weighted by molar-refractivity contribution is 0.0697. The number of hydrogen-bond acceptors (Lipinski definition) is 5. The normalized spacial score (nSPS) is 10.1. The van der Waals surface area contributed by atoms with E-state index in [2.05, 4.69) is 10.3 Å². The summed E-state index contributed by atoms with van der Waals surface area (Å²) in [7, 11) is 0. The zero-order valence-corrected chi connectivity index (χ0v) is 11.4. The van der Waals surface area contributed by atoms with E-state index in [1.165, 1.54) is 17.6 Å². The van der Waals surface area contributed by atoms with Crippen molar-refractivity contribution in [3.05, 3.63) is 40.9 Å². The summed E-state index contributed by atoms with van der Waals surface area (Å²) in [6, 6.07) is 4.61. The van der Waals surface area contributed by atoms with Crippen LogP contribution >= 0.6 is 11.3 Å². The molecule has 2 N–H and O–H groups in total. The number of aromatic nitrogens is 1. The fourth-order valence-corrected chi connectivity index (χ4v) is 2.22. The SMILES string of the molecule is CCOc1ccc(C(=O)Nc2cc(C(=O)O)cs2)cn1. The van der Waals surface area contributed by atoms with E-state index in [1.807, 2.05) is 6.92 Å². The molecule has 0 saturated heterocycles. The fourth-order valence-electron chi connectivity index (χ4n) is 1.45. The first-order chi connectivity index (χ1) is 9.60. The van der Waals surface area contributed by atoms with E-state index in [9.17, 15) is 9.59 Å². The van der Waals surface area contributed by atoms with Crippen LogP contribution in [0.15, 0.2) is 29.8 Å². The van der Waals surface area contributed by atoms with E-state index in [1.54, 1.807) is 12.1 Å². The van der Waals surface area contributed by atoms with Gasteiger partial charge in [-0.1, -0.05) is 0 Å². The van der Waals surface area contributed by atoms with Gasteiger partial charge in [0, 0.05) is 17.6 Å². The number of nitrogens with zero attached hydrogens (tertiary/aromatic N) is 1. The number of thiophene rings is 1. The van der Waals surface area contributed by atoms with Crippen LogP contribution in [0.4, 0.5) is 5.00 Å². The van der Waals surface area contributed by atoms with Gasteiger partial charge in [-0.3, -0.25) is 4.79 Å². The molecule has 2 aromatic heterocycles. The number of anilines is 1. The van der Waals surface area contributed by atoms with Gasteiger partial charge in [0.05, 0.1) is 22.7 Å². The highest BCUT2D eigenvalue weighted by Crippen LogP contribution is 2.21. The lowest BCUT2D eigenvalue weighted by atomic mass is 10.2. The molecule has 20 heavy (non-hydrogen) atoms. The number of rotatable bonds is 5. The molecule has 6 nitrogen and oxygen atoms in total. The van der Waals surface area contributed by atoms with Crippen LogP contribution in [0.1, 0.15) is 27.6 Å². The third kappa shape index (κ3) is 3.33. The lowest BCUT2D eigenvalue weighted by Gasteiger charge is -2.04. The van der Waals surface area contributed by atoms with Crippen molar-refractivity contribution in [3.8, 4) is 5.88 Å². The average molecular weight is 292 g/mol. The Morgan fingerprint density at radius 3 is 2.75 bits per heavy atom. The van der Waals surface area contributed by atoms with Crippen LogP contribution < -0.4 is 10.1 Å². The van der Waals surface area contributed by atoms with Crippen molar-refractivity contribution in [2.24, 2.45) is 0 Å². The van der Waals surface area contributed by atoms with Crippen LogP contribution in [-0.2, 0) is 0 Å². The van der Waals surface area contributed by atoms with Gasteiger partial charge in [-0.25, -0.2) is 9.78 Å². The third-order valence-corrected chi connectivity index (χ3v) is 3.22. The number of ether oxygens (including phenoxy) is 1. The second kappa shape index (κ2) is 6.16. The zero-order valence-electron chi connectivity index (χ0n) is 10.6. The first-order valence-corrected chi connectivity index (χ1v) is 6.70. The summed E-state index contributed by atoms with van der Waals surface area (Å²) in [4.78, 5) is 26.7. The van der Waals surface area contributed by atoms with Crippen molar-refractivity contribution in [3.63, 3.8) is 0 Å². The van der Waals surface area contributed by atoms with Crippen molar-refractivity contribution in [1.29, 1.82) is 0 Å². The highest BCUT2D eigenvalue weighted by atomic mass is 32.1. The molecule has 0 aliphatic rings. The van der Waals surface area contributed by atoms with E-state index in [-0.39, 0.29) is 11.5 Å². The summed E-state index contributed by atoms with van der Waals surface area (Å²) in [5.41, 5.74) is 0.522. The molecule has 0 aliphatic carbocycles. The third-order valence-electron chi connectivity index (χ3n) is 2.37. The molecule has 1 amide bonds. The van der Waals surface area contributed by atoms with Crippen LogP contribution in [0.25, 0.3) is 0 Å². The monoisotopic (exact) mass is 292 g/mol. The van der Waals surface area contributed by atoms with Crippen LogP contribution in [-0.4, -0.2) is 28.6 Å². The predicted molar refractivity (Wildman–Crippen MR) is 74.6 cm³/mol. The van der Waals surface area contributed by atoms with Crippen LogP contribution in [0.5, 0.6) is 5.88 Å². The molecule has 0 aliphatic heterocycles. The van der Waals surface area contributed by atoms with Gasteiger partial charge >= 0.3 is 5.97 Å². The number of nitrogens with one attached hydrogen (secondary N) is 1. The number of carboxylic acid groups (broad SMARTS) is 1. The second-order valence-corrected chi connectivity index (χ2v) is 4.69.